The van der Waals surface area contributed by atoms with Crippen molar-refractivity contribution >= 4 is 29.2 Å². The van der Waals surface area contributed by atoms with Crippen molar-refractivity contribution in [2.45, 2.75) is 18.6 Å². The molecule has 1 aliphatic heterocycles. The summed E-state index contributed by atoms with van der Waals surface area (Å²) in [7, 11) is 0. The number of nitrogens with zero attached hydrogens (tertiary/aromatic N) is 3. The number of pyridine rings is 1. The van der Waals surface area contributed by atoms with Crippen molar-refractivity contribution in [1.82, 2.24) is 9.88 Å². The van der Waals surface area contributed by atoms with Crippen LogP contribution >= 0.6 is 11.6 Å². The second-order valence-electron chi connectivity index (χ2n) is 4.46. The fraction of sp³-hybridized carbons (Fsp3) is 0.364. The molecule has 0 spiro atoms. The average molecular weight is 316 g/mol. The first-order valence-electron chi connectivity index (χ1n) is 5.83. The minimum atomic E-state index is -1.29. The monoisotopic (exact) mass is 315 g/mol. The minimum absolute atomic E-state index is 0.131. The zero-order valence-electron chi connectivity index (χ0n) is 10.5. The predicted molar refractivity (Wildman–Crippen MR) is 69.0 cm³/mol. The van der Waals surface area contributed by atoms with Gasteiger partial charge in [0.15, 0.2) is 0 Å². The molecule has 2 N–H and O–H groups in total. The molecule has 2 atom stereocenters. The maximum Gasteiger partial charge on any atom is 0.326 e. The molecule has 9 nitrogen and oxygen atoms in total. The summed E-state index contributed by atoms with van der Waals surface area (Å²) in [4.78, 5) is 38.0. The van der Waals surface area contributed by atoms with E-state index in [2.05, 4.69) is 4.98 Å². The van der Waals surface area contributed by atoms with Gasteiger partial charge in [0.25, 0.3) is 5.91 Å². The van der Waals surface area contributed by atoms with E-state index >= 15 is 0 Å². The molecule has 0 saturated carbocycles. The number of aliphatic hydroxyl groups is 1. The molecule has 0 unspecified atom stereocenters. The van der Waals surface area contributed by atoms with Gasteiger partial charge in [-0.2, -0.15) is 0 Å². The molecule has 2 rings (SSSR count). The van der Waals surface area contributed by atoms with Crippen molar-refractivity contribution in [3.8, 4) is 0 Å². The van der Waals surface area contributed by atoms with Crippen LogP contribution < -0.4 is 0 Å². The number of nitro groups is 1. The molecule has 1 amide bonds. The van der Waals surface area contributed by atoms with Crippen molar-refractivity contribution in [2.24, 2.45) is 0 Å². The van der Waals surface area contributed by atoms with Crippen LogP contribution in [0, 0.1) is 10.1 Å². The Morgan fingerprint density at radius 1 is 1.52 bits per heavy atom. The normalized spacial score (nSPS) is 21.3. The summed E-state index contributed by atoms with van der Waals surface area (Å²) in [5.74, 6) is -2.17. The second kappa shape index (κ2) is 5.62. The number of carbonyl (C=O) groups excluding carboxylic acids is 1. The van der Waals surface area contributed by atoms with Crippen LogP contribution in [0.3, 0.4) is 0 Å². The number of β-amino-alcohol motifs (C(OH)–C–C–N with tert-alkyl or cyclic N) is 1. The first kappa shape index (κ1) is 15.1. The van der Waals surface area contributed by atoms with Crippen LogP contribution in [0.15, 0.2) is 12.3 Å². The van der Waals surface area contributed by atoms with Crippen LogP contribution in [0.4, 0.5) is 5.69 Å². The van der Waals surface area contributed by atoms with Gasteiger partial charge in [0, 0.05) is 19.2 Å². The van der Waals surface area contributed by atoms with Crippen LogP contribution in [-0.2, 0) is 4.79 Å². The largest absolute Gasteiger partial charge is 0.480 e. The van der Waals surface area contributed by atoms with E-state index < -0.39 is 39.8 Å². The Balaban J connectivity index is 2.43. The smallest absolute Gasteiger partial charge is 0.326 e. The third kappa shape index (κ3) is 2.78. The number of aliphatic hydroxyl groups excluding tert-OH is 1. The molecule has 21 heavy (non-hydrogen) atoms. The maximum atomic E-state index is 12.3. The van der Waals surface area contributed by atoms with Gasteiger partial charge in [-0.1, -0.05) is 11.6 Å². The number of amides is 1. The van der Waals surface area contributed by atoms with E-state index in [1.165, 1.54) is 0 Å². The highest BCUT2D eigenvalue weighted by Gasteiger charge is 2.41. The van der Waals surface area contributed by atoms with Crippen molar-refractivity contribution < 1.29 is 24.7 Å². The molecule has 0 radical (unpaired) electrons. The first-order chi connectivity index (χ1) is 9.82. The van der Waals surface area contributed by atoms with Gasteiger partial charge in [-0.3, -0.25) is 14.9 Å². The van der Waals surface area contributed by atoms with E-state index in [0.29, 0.717) is 0 Å². The standard InChI is InChI=1S/C11H10ClN3O6/c12-9-8(15(20)21)6(1-2-13-9)10(17)14-4-5(16)3-7(14)11(18)19/h1-2,5,7,16H,3-4H2,(H,18,19)/t5-,7-/m0/s1. The summed E-state index contributed by atoms with van der Waals surface area (Å²) in [6.45, 7) is -0.215. The topological polar surface area (TPSA) is 134 Å². The van der Waals surface area contributed by atoms with Crippen molar-refractivity contribution in [1.29, 1.82) is 0 Å². The summed E-state index contributed by atoms with van der Waals surface area (Å²) in [5.41, 5.74) is -1.05. The Labute approximate surface area is 122 Å². The highest BCUT2D eigenvalue weighted by Crippen LogP contribution is 2.29. The molecule has 1 fully saturated rings. The van der Waals surface area contributed by atoms with Gasteiger partial charge in [-0.25, -0.2) is 9.78 Å². The van der Waals surface area contributed by atoms with E-state index in [4.69, 9.17) is 16.7 Å². The van der Waals surface area contributed by atoms with E-state index in [9.17, 15) is 24.8 Å². The van der Waals surface area contributed by atoms with Crippen LogP contribution in [0.5, 0.6) is 0 Å². The molecule has 1 aromatic rings. The van der Waals surface area contributed by atoms with Crippen LogP contribution in [0.1, 0.15) is 16.8 Å². The van der Waals surface area contributed by atoms with Crippen LogP contribution in [0.25, 0.3) is 0 Å². The Morgan fingerprint density at radius 2 is 2.19 bits per heavy atom. The molecule has 10 heteroatoms. The number of carboxylic acids is 1. The molecule has 1 saturated heterocycles. The molecule has 1 aliphatic rings. The van der Waals surface area contributed by atoms with Gasteiger partial charge < -0.3 is 15.1 Å². The number of aliphatic carboxylic acids is 1. The zero-order valence-corrected chi connectivity index (χ0v) is 11.2. The molecular formula is C11H10ClN3O6. The van der Waals surface area contributed by atoms with Gasteiger partial charge >= 0.3 is 11.7 Å². The van der Waals surface area contributed by atoms with Gasteiger partial charge in [0.05, 0.1) is 11.0 Å². The summed E-state index contributed by atoms with van der Waals surface area (Å²) in [5, 5.41) is 29.1. The molecule has 0 aromatic carbocycles. The molecule has 0 aliphatic carbocycles. The second-order valence-corrected chi connectivity index (χ2v) is 4.81. The lowest BCUT2D eigenvalue weighted by Crippen LogP contribution is -2.40. The Kier molecular flexibility index (Phi) is 4.05. The number of hydrogen-bond donors (Lipinski definition) is 2. The maximum absolute atomic E-state index is 12.3. The number of rotatable bonds is 3. The lowest BCUT2D eigenvalue weighted by molar-refractivity contribution is -0.385. The molecule has 112 valence electrons. The predicted octanol–water partition coefficient (Wildman–Crippen LogP) is 0.303. The average Bonchev–Trinajstić information content (AvgIpc) is 2.79. The van der Waals surface area contributed by atoms with E-state index in [-0.39, 0.29) is 18.5 Å². The van der Waals surface area contributed by atoms with Gasteiger partial charge in [-0.15, -0.1) is 0 Å². The number of carbonyl (C=O) groups is 2. The fourth-order valence-corrected chi connectivity index (χ4v) is 2.43. The Morgan fingerprint density at radius 3 is 2.76 bits per heavy atom. The minimum Gasteiger partial charge on any atom is -0.480 e. The Bertz CT molecular complexity index is 622. The van der Waals surface area contributed by atoms with Crippen LogP contribution in [0.2, 0.25) is 5.15 Å². The molecule has 0 bridgehead atoms. The van der Waals surface area contributed by atoms with Crippen LogP contribution in [-0.4, -0.2) is 55.6 Å². The highest BCUT2D eigenvalue weighted by atomic mass is 35.5. The number of halogens is 1. The van der Waals surface area contributed by atoms with Gasteiger partial charge in [0.1, 0.15) is 11.6 Å². The summed E-state index contributed by atoms with van der Waals surface area (Å²) in [6, 6.07) is -0.144. The van der Waals surface area contributed by atoms with Crippen molar-refractivity contribution in [2.75, 3.05) is 6.54 Å². The third-order valence-electron chi connectivity index (χ3n) is 3.12. The first-order valence-corrected chi connectivity index (χ1v) is 6.21. The lowest BCUT2D eigenvalue weighted by atomic mass is 10.1. The molecular weight excluding hydrogens is 306 g/mol. The SMILES string of the molecule is O=C(O)[C@@H]1C[C@H](O)CN1C(=O)c1ccnc(Cl)c1[N+](=O)[O-]. The number of carboxylic acid groups (broad SMARTS) is 1. The van der Waals surface area contributed by atoms with E-state index in [0.717, 1.165) is 17.2 Å². The van der Waals surface area contributed by atoms with Crippen molar-refractivity contribution in [3.05, 3.63) is 33.1 Å². The number of hydrogen-bond acceptors (Lipinski definition) is 6. The summed E-state index contributed by atoms with van der Waals surface area (Å²) in [6.07, 6.45) is -0.00941. The summed E-state index contributed by atoms with van der Waals surface area (Å²) >= 11 is 5.61. The molecule has 2 heterocycles. The number of aromatic nitrogens is 1. The quantitative estimate of drug-likeness (QED) is 0.465. The van der Waals surface area contributed by atoms with E-state index in [1.54, 1.807) is 0 Å². The Hall–Kier alpha value is -2.26. The van der Waals surface area contributed by atoms with Gasteiger partial charge in [-0.05, 0) is 6.07 Å². The lowest BCUT2D eigenvalue weighted by Gasteiger charge is -2.21. The summed E-state index contributed by atoms with van der Waals surface area (Å²) < 4.78 is 0. The van der Waals surface area contributed by atoms with Crippen molar-refractivity contribution in [3.63, 3.8) is 0 Å². The number of likely N-dealkylation sites (tertiary alicyclic amines) is 1. The fourth-order valence-electron chi connectivity index (χ4n) is 2.20. The van der Waals surface area contributed by atoms with Gasteiger partial charge in [0.2, 0.25) is 5.15 Å². The van der Waals surface area contributed by atoms with E-state index in [1.807, 2.05) is 0 Å². The third-order valence-corrected chi connectivity index (χ3v) is 3.39. The zero-order chi connectivity index (χ0) is 15.7. The molecule has 1 aromatic heterocycles. The highest BCUT2D eigenvalue weighted by molar-refractivity contribution is 6.32.